The second kappa shape index (κ2) is 8.05. The molecule has 0 saturated heterocycles. The van der Waals surface area contributed by atoms with Crippen molar-refractivity contribution in [3.8, 4) is 0 Å². The highest BCUT2D eigenvalue weighted by Crippen LogP contribution is 2.30. The first-order chi connectivity index (χ1) is 11.8. The fourth-order valence-corrected chi connectivity index (χ4v) is 2.70. The SMILES string of the molecule is CCN(C(=O)Nc1ccccc1)[C@H](C)Cc1cccc(C(F)(F)F)c1. The molecule has 1 N–H and O–H groups in total. The summed E-state index contributed by atoms with van der Waals surface area (Å²) in [7, 11) is 0. The molecule has 0 aliphatic carbocycles. The van der Waals surface area contributed by atoms with Gasteiger partial charge in [-0.05, 0) is 44.0 Å². The van der Waals surface area contributed by atoms with Crippen molar-refractivity contribution in [3.63, 3.8) is 0 Å². The van der Waals surface area contributed by atoms with Crippen LogP contribution in [-0.4, -0.2) is 23.5 Å². The standard InChI is InChI=1S/C19H21F3N2O/c1-3-24(18(25)23-17-10-5-4-6-11-17)14(2)12-15-8-7-9-16(13-15)19(20,21)22/h4-11,13-14H,3,12H2,1-2H3,(H,23,25)/t14-/m1/s1. The van der Waals surface area contributed by atoms with E-state index in [-0.39, 0.29) is 12.1 Å². The Morgan fingerprint density at radius 1 is 1.12 bits per heavy atom. The first-order valence-corrected chi connectivity index (χ1v) is 8.10. The van der Waals surface area contributed by atoms with Crippen molar-refractivity contribution in [3.05, 3.63) is 65.7 Å². The van der Waals surface area contributed by atoms with Gasteiger partial charge in [-0.1, -0.05) is 36.4 Å². The monoisotopic (exact) mass is 350 g/mol. The van der Waals surface area contributed by atoms with Gasteiger partial charge in [-0.3, -0.25) is 0 Å². The molecule has 0 heterocycles. The minimum Gasteiger partial charge on any atom is -0.322 e. The summed E-state index contributed by atoms with van der Waals surface area (Å²) in [6.07, 6.45) is -4.02. The van der Waals surface area contributed by atoms with Gasteiger partial charge in [0.1, 0.15) is 0 Å². The van der Waals surface area contributed by atoms with Gasteiger partial charge >= 0.3 is 12.2 Å². The number of likely N-dealkylation sites (N-methyl/N-ethyl adjacent to an activating group) is 1. The van der Waals surface area contributed by atoms with Crippen LogP contribution in [0.1, 0.15) is 25.0 Å². The van der Waals surface area contributed by atoms with E-state index in [2.05, 4.69) is 5.32 Å². The number of rotatable bonds is 5. The summed E-state index contributed by atoms with van der Waals surface area (Å²) in [6.45, 7) is 4.13. The second-order valence-corrected chi connectivity index (χ2v) is 5.83. The van der Waals surface area contributed by atoms with Crippen LogP contribution in [0.15, 0.2) is 54.6 Å². The lowest BCUT2D eigenvalue weighted by Gasteiger charge is -2.28. The number of anilines is 1. The lowest BCUT2D eigenvalue weighted by atomic mass is 10.0. The highest BCUT2D eigenvalue weighted by Gasteiger charge is 2.30. The number of hydrogen-bond donors (Lipinski definition) is 1. The maximum absolute atomic E-state index is 12.8. The smallest absolute Gasteiger partial charge is 0.322 e. The Labute approximate surface area is 145 Å². The molecule has 0 aromatic heterocycles. The first-order valence-electron chi connectivity index (χ1n) is 8.10. The number of amides is 2. The van der Waals surface area contributed by atoms with Crippen LogP contribution in [0.25, 0.3) is 0 Å². The Balaban J connectivity index is 2.07. The molecule has 134 valence electrons. The van der Waals surface area contributed by atoms with Crippen molar-refractivity contribution in [2.75, 3.05) is 11.9 Å². The minimum absolute atomic E-state index is 0.239. The number of para-hydroxylation sites is 1. The Kier molecular flexibility index (Phi) is 6.07. The van der Waals surface area contributed by atoms with Gasteiger partial charge in [0.15, 0.2) is 0 Å². The van der Waals surface area contributed by atoms with E-state index in [4.69, 9.17) is 0 Å². The van der Waals surface area contributed by atoms with Gasteiger partial charge in [-0.2, -0.15) is 13.2 Å². The Morgan fingerprint density at radius 3 is 2.40 bits per heavy atom. The number of alkyl halides is 3. The normalized spacial score (nSPS) is 12.5. The molecule has 0 radical (unpaired) electrons. The van der Waals surface area contributed by atoms with E-state index in [1.807, 2.05) is 32.0 Å². The van der Waals surface area contributed by atoms with Crippen LogP contribution < -0.4 is 5.32 Å². The molecule has 0 fully saturated rings. The second-order valence-electron chi connectivity index (χ2n) is 5.83. The van der Waals surface area contributed by atoms with Gasteiger partial charge in [0, 0.05) is 18.3 Å². The molecule has 2 aromatic rings. The van der Waals surface area contributed by atoms with Crippen molar-refractivity contribution < 1.29 is 18.0 Å². The van der Waals surface area contributed by atoms with Crippen LogP contribution >= 0.6 is 0 Å². The summed E-state index contributed by atoms with van der Waals surface area (Å²) >= 11 is 0. The molecule has 0 spiro atoms. The number of benzene rings is 2. The highest BCUT2D eigenvalue weighted by atomic mass is 19.4. The van der Waals surface area contributed by atoms with E-state index in [1.165, 1.54) is 6.07 Å². The molecule has 2 rings (SSSR count). The van der Waals surface area contributed by atoms with Gasteiger partial charge in [0.25, 0.3) is 0 Å². The number of nitrogens with one attached hydrogen (secondary N) is 1. The summed E-state index contributed by atoms with van der Waals surface area (Å²) in [5.74, 6) is 0. The maximum Gasteiger partial charge on any atom is 0.416 e. The van der Waals surface area contributed by atoms with E-state index in [0.717, 1.165) is 12.1 Å². The van der Waals surface area contributed by atoms with Gasteiger partial charge < -0.3 is 10.2 Å². The molecule has 1 atom stereocenters. The zero-order valence-corrected chi connectivity index (χ0v) is 14.2. The number of nitrogens with zero attached hydrogens (tertiary/aromatic N) is 1. The number of halogens is 3. The zero-order valence-electron chi connectivity index (χ0n) is 14.2. The molecule has 3 nitrogen and oxygen atoms in total. The molecule has 0 bridgehead atoms. The quantitative estimate of drug-likeness (QED) is 0.791. The predicted molar refractivity (Wildman–Crippen MR) is 92.5 cm³/mol. The molecule has 0 aliphatic rings. The van der Waals surface area contributed by atoms with Crippen molar-refractivity contribution in [2.24, 2.45) is 0 Å². The third kappa shape index (κ3) is 5.24. The molecule has 6 heteroatoms. The van der Waals surface area contributed by atoms with Crippen LogP contribution in [-0.2, 0) is 12.6 Å². The average Bonchev–Trinajstić information content (AvgIpc) is 2.56. The topological polar surface area (TPSA) is 32.3 Å². The average molecular weight is 350 g/mol. The van der Waals surface area contributed by atoms with Crippen LogP contribution in [0.5, 0.6) is 0 Å². The lowest BCUT2D eigenvalue weighted by molar-refractivity contribution is -0.137. The summed E-state index contributed by atoms with van der Waals surface area (Å²) < 4.78 is 38.5. The lowest BCUT2D eigenvalue weighted by Crippen LogP contribution is -2.42. The maximum atomic E-state index is 12.8. The largest absolute Gasteiger partial charge is 0.416 e. The van der Waals surface area contributed by atoms with Crippen molar-refractivity contribution >= 4 is 11.7 Å². The van der Waals surface area contributed by atoms with Gasteiger partial charge in [0.05, 0.1) is 5.56 Å². The van der Waals surface area contributed by atoms with Crippen molar-refractivity contribution in [1.29, 1.82) is 0 Å². The fourth-order valence-electron chi connectivity index (χ4n) is 2.70. The third-order valence-electron chi connectivity index (χ3n) is 3.94. The van der Waals surface area contributed by atoms with Crippen LogP contribution in [0, 0.1) is 0 Å². The van der Waals surface area contributed by atoms with Crippen LogP contribution in [0.2, 0.25) is 0 Å². The van der Waals surface area contributed by atoms with E-state index in [0.29, 0.717) is 24.2 Å². The van der Waals surface area contributed by atoms with E-state index < -0.39 is 11.7 Å². The number of carbonyl (C=O) groups is 1. The van der Waals surface area contributed by atoms with Crippen LogP contribution in [0.4, 0.5) is 23.7 Å². The van der Waals surface area contributed by atoms with E-state index >= 15 is 0 Å². The fraction of sp³-hybridized carbons (Fsp3) is 0.316. The van der Waals surface area contributed by atoms with Crippen LogP contribution in [0.3, 0.4) is 0 Å². The van der Waals surface area contributed by atoms with Crippen molar-refractivity contribution in [1.82, 2.24) is 4.90 Å². The molecule has 25 heavy (non-hydrogen) atoms. The molecular formula is C19H21F3N2O. The van der Waals surface area contributed by atoms with Gasteiger partial charge in [-0.25, -0.2) is 4.79 Å². The minimum atomic E-state index is -4.37. The highest BCUT2D eigenvalue weighted by molar-refractivity contribution is 5.89. The Bertz CT molecular complexity index is 701. The molecular weight excluding hydrogens is 329 g/mol. The molecule has 0 aliphatic heterocycles. The molecule has 0 unspecified atom stereocenters. The number of urea groups is 1. The van der Waals surface area contributed by atoms with Gasteiger partial charge in [0.2, 0.25) is 0 Å². The molecule has 0 saturated carbocycles. The van der Waals surface area contributed by atoms with E-state index in [9.17, 15) is 18.0 Å². The Morgan fingerprint density at radius 2 is 1.80 bits per heavy atom. The summed E-state index contributed by atoms with van der Waals surface area (Å²) in [6, 6.07) is 13.8. The predicted octanol–water partition coefficient (Wildman–Crippen LogP) is 5.19. The zero-order chi connectivity index (χ0) is 18.4. The first kappa shape index (κ1) is 18.8. The third-order valence-corrected chi connectivity index (χ3v) is 3.94. The summed E-state index contributed by atoms with van der Waals surface area (Å²) in [4.78, 5) is 14.0. The number of hydrogen-bond acceptors (Lipinski definition) is 1. The van der Waals surface area contributed by atoms with Crippen molar-refractivity contribution in [2.45, 2.75) is 32.5 Å². The Hall–Kier alpha value is -2.50. The number of carbonyl (C=O) groups excluding carboxylic acids is 1. The van der Waals surface area contributed by atoms with E-state index in [1.54, 1.807) is 23.1 Å². The summed E-state index contributed by atoms with van der Waals surface area (Å²) in [5.41, 5.74) is 0.555. The summed E-state index contributed by atoms with van der Waals surface area (Å²) in [5, 5.41) is 2.80. The molecule has 2 aromatic carbocycles. The van der Waals surface area contributed by atoms with Gasteiger partial charge in [-0.15, -0.1) is 0 Å². The molecule has 2 amide bonds.